The van der Waals surface area contributed by atoms with Crippen LogP contribution in [0.3, 0.4) is 0 Å². The van der Waals surface area contributed by atoms with E-state index in [0.717, 1.165) is 13.0 Å². The fourth-order valence-corrected chi connectivity index (χ4v) is 1.94. The Morgan fingerprint density at radius 1 is 1.43 bits per heavy atom. The minimum Gasteiger partial charge on any atom is -0.383 e. The molecule has 1 aromatic carbocycles. The van der Waals surface area contributed by atoms with Gasteiger partial charge in [0.05, 0.1) is 12.0 Å². The van der Waals surface area contributed by atoms with Crippen LogP contribution in [-0.2, 0) is 6.42 Å². The molecule has 72 valence electrons. The fraction of sp³-hybridized carbons (Fsp3) is 0.417. The Balaban J connectivity index is 2.42. The molecule has 2 nitrogen and oxygen atoms in total. The summed E-state index contributed by atoms with van der Waals surface area (Å²) in [5.41, 5.74) is 5.16. The molecule has 1 heterocycles. The molecule has 2 rings (SSSR count). The summed E-state index contributed by atoms with van der Waals surface area (Å²) < 4.78 is 0. The van der Waals surface area contributed by atoms with Gasteiger partial charge in [-0.25, -0.2) is 0 Å². The van der Waals surface area contributed by atoms with E-state index in [1.807, 2.05) is 0 Å². The molecule has 1 unspecified atom stereocenters. The monoisotopic (exact) mass is 186 g/mol. The zero-order chi connectivity index (χ0) is 10.1. The number of anilines is 1. The van der Waals surface area contributed by atoms with E-state index in [1.54, 1.807) is 0 Å². The SMILES string of the molecule is Cc1ccc2c(c1C)NCC(C#N)C2. The molecule has 0 amide bonds. The summed E-state index contributed by atoms with van der Waals surface area (Å²) in [5.74, 6) is 0.129. The van der Waals surface area contributed by atoms with Gasteiger partial charge in [-0.15, -0.1) is 0 Å². The van der Waals surface area contributed by atoms with Crippen LogP contribution in [0, 0.1) is 31.1 Å². The summed E-state index contributed by atoms with van der Waals surface area (Å²) in [6.45, 7) is 5.04. The standard InChI is InChI=1S/C12H14N2/c1-8-3-4-11-5-10(6-13)7-14-12(11)9(8)2/h3-4,10,14H,5,7H2,1-2H3. The molecule has 0 radical (unpaired) electrons. The molecule has 0 spiro atoms. The van der Waals surface area contributed by atoms with Crippen LogP contribution in [0.25, 0.3) is 0 Å². The summed E-state index contributed by atoms with van der Waals surface area (Å²) in [4.78, 5) is 0. The number of benzene rings is 1. The molecular weight excluding hydrogens is 172 g/mol. The number of nitrogens with zero attached hydrogens (tertiary/aromatic N) is 1. The van der Waals surface area contributed by atoms with Crippen molar-refractivity contribution in [3.05, 3.63) is 28.8 Å². The van der Waals surface area contributed by atoms with Crippen LogP contribution < -0.4 is 5.32 Å². The van der Waals surface area contributed by atoms with Gasteiger partial charge < -0.3 is 5.32 Å². The third-order valence-corrected chi connectivity index (χ3v) is 3.00. The molecule has 1 aromatic rings. The van der Waals surface area contributed by atoms with Gasteiger partial charge in [-0.3, -0.25) is 0 Å². The number of nitrogens with one attached hydrogen (secondary N) is 1. The number of rotatable bonds is 0. The molecule has 1 atom stereocenters. The van der Waals surface area contributed by atoms with Crippen LogP contribution in [0.5, 0.6) is 0 Å². The van der Waals surface area contributed by atoms with Crippen molar-refractivity contribution in [3.63, 3.8) is 0 Å². The molecule has 1 N–H and O–H groups in total. The second kappa shape index (κ2) is 3.34. The number of fused-ring (bicyclic) bond motifs is 1. The molecule has 0 aliphatic carbocycles. The lowest BCUT2D eigenvalue weighted by molar-refractivity contribution is 0.673. The first-order valence-electron chi connectivity index (χ1n) is 4.95. The highest BCUT2D eigenvalue weighted by molar-refractivity contribution is 5.61. The van der Waals surface area contributed by atoms with Crippen LogP contribution in [-0.4, -0.2) is 6.54 Å². The number of nitriles is 1. The van der Waals surface area contributed by atoms with Gasteiger partial charge in [0.25, 0.3) is 0 Å². The maximum absolute atomic E-state index is 8.85. The van der Waals surface area contributed by atoms with Crippen molar-refractivity contribution in [1.82, 2.24) is 0 Å². The molecule has 0 bridgehead atoms. The zero-order valence-corrected chi connectivity index (χ0v) is 8.59. The minimum absolute atomic E-state index is 0.129. The lowest BCUT2D eigenvalue weighted by Gasteiger charge is -2.24. The van der Waals surface area contributed by atoms with E-state index in [2.05, 4.69) is 37.4 Å². The van der Waals surface area contributed by atoms with Gasteiger partial charge in [0.1, 0.15) is 0 Å². The van der Waals surface area contributed by atoms with Crippen molar-refractivity contribution < 1.29 is 0 Å². The predicted octanol–water partition coefficient (Wildman–Crippen LogP) is 2.41. The van der Waals surface area contributed by atoms with Gasteiger partial charge in [0.2, 0.25) is 0 Å². The number of hydrogen-bond donors (Lipinski definition) is 1. The van der Waals surface area contributed by atoms with Gasteiger partial charge in [0.15, 0.2) is 0 Å². The molecule has 14 heavy (non-hydrogen) atoms. The molecule has 1 aliphatic rings. The van der Waals surface area contributed by atoms with Crippen molar-refractivity contribution in [3.8, 4) is 6.07 Å². The van der Waals surface area contributed by atoms with Crippen LogP contribution >= 0.6 is 0 Å². The summed E-state index contributed by atoms with van der Waals surface area (Å²) >= 11 is 0. The Kier molecular flexibility index (Phi) is 2.17. The third kappa shape index (κ3) is 1.35. The average Bonchev–Trinajstić information content (AvgIpc) is 2.23. The van der Waals surface area contributed by atoms with Crippen molar-refractivity contribution in [2.45, 2.75) is 20.3 Å². The maximum Gasteiger partial charge on any atom is 0.0677 e. The summed E-state index contributed by atoms with van der Waals surface area (Å²) in [5, 5.41) is 12.2. The van der Waals surface area contributed by atoms with E-state index in [4.69, 9.17) is 5.26 Å². The second-order valence-electron chi connectivity index (χ2n) is 3.95. The van der Waals surface area contributed by atoms with Gasteiger partial charge >= 0.3 is 0 Å². The lowest BCUT2D eigenvalue weighted by Crippen LogP contribution is -2.22. The Bertz CT molecular complexity index is 402. The van der Waals surface area contributed by atoms with E-state index >= 15 is 0 Å². The van der Waals surface area contributed by atoms with Crippen LogP contribution in [0.1, 0.15) is 16.7 Å². The predicted molar refractivity (Wildman–Crippen MR) is 57.2 cm³/mol. The first kappa shape index (κ1) is 9.08. The summed E-state index contributed by atoms with van der Waals surface area (Å²) in [7, 11) is 0. The molecule has 1 aliphatic heterocycles. The first-order chi connectivity index (χ1) is 6.72. The Morgan fingerprint density at radius 2 is 2.21 bits per heavy atom. The third-order valence-electron chi connectivity index (χ3n) is 3.00. The zero-order valence-electron chi connectivity index (χ0n) is 8.59. The number of aryl methyl sites for hydroxylation is 1. The molecule has 0 fully saturated rings. The highest BCUT2D eigenvalue weighted by Gasteiger charge is 2.19. The van der Waals surface area contributed by atoms with E-state index in [1.165, 1.54) is 22.4 Å². The normalized spacial score (nSPS) is 19.4. The van der Waals surface area contributed by atoms with E-state index in [-0.39, 0.29) is 5.92 Å². The molecule has 2 heteroatoms. The molecular formula is C12H14N2. The Hall–Kier alpha value is -1.49. The minimum atomic E-state index is 0.129. The fourth-order valence-electron chi connectivity index (χ4n) is 1.94. The average molecular weight is 186 g/mol. The second-order valence-corrected chi connectivity index (χ2v) is 3.95. The van der Waals surface area contributed by atoms with Crippen LogP contribution in [0.15, 0.2) is 12.1 Å². The lowest BCUT2D eigenvalue weighted by atomic mass is 9.91. The van der Waals surface area contributed by atoms with Crippen molar-refractivity contribution >= 4 is 5.69 Å². The summed E-state index contributed by atoms with van der Waals surface area (Å²) in [6.07, 6.45) is 0.889. The Morgan fingerprint density at radius 3 is 2.93 bits per heavy atom. The quantitative estimate of drug-likeness (QED) is 0.675. The van der Waals surface area contributed by atoms with Gasteiger partial charge in [-0.05, 0) is 37.0 Å². The molecule has 0 saturated heterocycles. The van der Waals surface area contributed by atoms with Crippen molar-refractivity contribution in [2.75, 3.05) is 11.9 Å². The maximum atomic E-state index is 8.85. The van der Waals surface area contributed by atoms with Gasteiger partial charge in [0, 0.05) is 12.2 Å². The van der Waals surface area contributed by atoms with Crippen molar-refractivity contribution in [1.29, 1.82) is 5.26 Å². The van der Waals surface area contributed by atoms with E-state index in [0.29, 0.717) is 0 Å². The highest BCUT2D eigenvalue weighted by Crippen LogP contribution is 2.29. The van der Waals surface area contributed by atoms with Gasteiger partial charge in [-0.1, -0.05) is 12.1 Å². The molecule has 0 aromatic heterocycles. The van der Waals surface area contributed by atoms with E-state index < -0.39 is 0 Å². The van der Waals surface area contributed by atoms with Gasteiger partial charge in [-0.2, -0.15) is 5.26 Å². The molecule has 0 saturated carbocycles. The Labute approximate surface area is 84.6 Å². The summed E-state index contributed by atoms with van der Waals surface area (Å²) in [6, 6.07) is 6.58. The smallest absolute Gasteiger partial charge is 0.0677 e. The first-order valence-corrected chi connectivity index (χ1v) is 4.95. The van der Waals surface area contributed by atoms with E-state index in [9.17, 15) is 0 Å². The van der Waals surface area contributed by atoms with Crippen LogP contribution in [0.4, 0.5) is 5.69 Å². The highest BCUT2D eigenvalue weighted by atomic mass is 14.9. The number of hydrogen-bond acceptors (Lipinski definition) is 2. The van der Waals surface area contributed by atoms with Crippen LogP contribution in [0.2, 0.25) is 0 Å². The van der Waals surface area contributed by atoms with Crippen molar-refractivity contribution in [2.24, 2.45) is 5.92 Å². The largest absolute Gasteiger partial charge is 0.383 e. The topological polar surface area (TPSA) is 35.8 Å².